The molecule has 0 N–H and O–H groups in total. The zero-order chi connectivity index (χ0) is 18.7. The van der Waals surface area contributed by atoms with Crippen LogP contribution in [0, 0.1) is 0 Å². The molecule has 134 valence electrons. The number of ether oxygens (including phenoxy) is 1. The highest BCUT2D eigenvalue weighted by atomic mass is 35.5. The highest BCUT2D eigenvalue weighted by Gasteiger charge is 2.14. The smallest absolute Gasteiger partial charge is 0.326 e. The van der Waals surface area contributed by atoms with Crippen LogP contribution in [0.4, 0.5) is 0 Å². The Morgan fingerprint density at radius 1 is 1.19 bits per heavy atom. The Morgan fingerprint density at radius 3 is 2.73 bits per heavy atom. The van der Waals surface area contributed by atoms with Gasteiger partial charge in [0, 0.05) is 5.02 Å². The molecule has 0 aliphatic carbocycles. The third kappa shape index (κ3) is 3.98. The number of para-hydroxylation sites is 1. The van der Waals surface area contributed by atoms with Gasteiger partial charge in [0.15, 0.2) is 4.80 Å². The van der Waals surface area contributed by atoms with Gasteiger partial charge < -0.3 is 9.30 Å². The first-order chi connectivity index (χ1) is 12.5. The highest BCUT2D eigenvalue weighted by Crippen LogP contribution is 2.22. The number of esters is 1. The lowest BCUT2D eigenvalue weighted by atomic mass is 10.2. The molecule has 0 bridgehead atoms. The Morgan fingerprint density at radius 2 is 1.96 bits per heavy atom. The monoisotopic (exact) mass is 408 g/mol. The van der Waals surface area contributed by atoms with Gasteiger partial charge in [0.1, 0.15) is 6.54 Å². The molecule has 5 nitrogen and oxygen atoms in total. The second kappa shape index (κ2) is 8.03. The molecular formula is C18H14Cl2N2O3S. The number of carbonyl (C=O) groups is 2. The number of halogens is 2. The van der Waals surface area contributed by atoms with Crippen LogP contribution in [0.25, 0.3) is 10.2 Å². The van der Waals surface area contributed by atoms with E-state index in [9.17, 15) is 9.59 Å². The van der Waals surface area contributed by atoms with E-state index < -0.39 is 11.9 Å². The summed E-state index contributed by atoms with van der Waals surface area (Å²) in [6, 6.07) is 12.1. The minimum atomic E-state index is -0.526. The molecule has 3 rings (SSSR count). The molecule has 2 aromatic carbocycles. The van der Waals surface area contributed by atoms with E-state index in [1.165, 1.54) is 17.4 Å². The van der Waals surface area contributed by atoms with Crippen LogP contribution < -0.4 is 4.80 Å². The van der Waals surface area contributed by atoms with Crippen molar-refractivity contribution < 1.29 is 14.3 Å². The van der Waals surface area contributed by atoms with E-state index in [2.05, 4.69) is 4.99 Å². The maximum atomic E-state index is 12.6. The van der Waals surface area contributed by atoms with Gasteiger partial charge in [0.25, 0.3) is 5.91 Å². The number of aromatic nitrogens is 1. The van der Waals surface area contributed by atoms with Crippen LogP contribution in [0.5, 0.6) is 0 Å². The average molecular weight is 409 g/mol. The molecule has 0 atom stereocenters. The molecule has 3 aromatic rings. The molecule has 1 amide bonds. The molecule has 26 heavy (non-hydrogen) atoms. The van der Waals surface area contributed by atoms with Crippen LogP contribution in [-0.4, -0.2) is 23.1 Å². The van der Waals surface area contributed by atoms with E-state index in [0.29, 0.717) is 9.82 Å². The van der Waals surface area contributed by atoms with Crippen LogP contribution in [-0.2, 0) is 16.1 Å². The van der Waals surface area contributed by atoms with Gasteiger partial charge in [-0.25, -0.2) is 0 Å². The van der Waals surface area contributed by atoms with Gasteiger partial charge in [0.05, 0.1) is 27.4 Å². The van der Waals surface area contributed by atoms with Gasteiger partial charge in [-0.3, -0.25) is 9.59 Å². The fourth-order valence-electron chi connectivity index (χ4n) is 2.40. The second-order valence-electron chi connectivity index (χ2n) is 5.28. The van der Waals surface area contributed by atoms with Crippen molar-refractivity contribution in [1.29, 1.82) is 0 Å². The number of benzene rings is 2. The highest BCUT2D eigenvalue weighted by molar-refractivity contribution is 7.16. The molecule has 0 radical (unpaired) electrons. The number of nitrogens with zero attached hydrogens (tertiary/aromatic N) is 2. The topological polar surface area (TPSA) is 60.7 Å². The van der Waals surface area contributed by atoms with Crippen molar-refractivity contribution in [3.05, 3.63) is 62.9 Å². The Balaban J connectivity index is 2.11. The summed E-state index contributed by atoms with van der Waals surface area (Å²) >= 11 is 13.3. The van der Waals surface area contributed by atoms with E-state index in [4.69, 9.17) is 27.9 Å². The molecule has 1 heterocycles. The number of hydrogen-bond acceptors (Lipinski definition) is 4. The molecule has 0 aliphatic heterocycles. The summed E-state index contributed by atoms with van der Waals surface area (Å²) in [5, 5.41) is 0.657. The molecular weight excluding hydrogens is 395 g/mol. The van der Waals surface area contributed by atoms with Gasteiger partial charge in [0.2, 0.25) is 0 Å². The molecule has 0 spiro atoms. The molecule has 1 aromatic heterocycles. The maximum Gasteiger partial charge on any atom is 0.326 e. The summed E-state index contributed by atoms with van der Waals surface area (Å²) in [7, 11) is 0. The van der Waals surface area contributed by atoms with Crippen molar-refractivity contribution in [3.63, 3.8) is 0 Å². The Hall–Kier alpha value is -2.15. The first kappa shape index (κ1) is 18.6. The summed E-state index contributed by atoms with van der Waals surface area (Å²) in [6.07, 6.45) is 0. The summed E-state index contributed by atoms with van der Waals surface area (Å²) in [5.74, 6) is -0.924. The van der Waals surface area contributed by atoms with Gasteiger partial charge >= 0.3 is 5.97 Å². The molecule has 0 saturated heterocycles. The summed E-state index contributed by atoms with van der Waals surface area (Å²) in [4.78, 5) is 29.1. The largest absolute Gasteiger partial charge is 0.465 e. The van der Waals surface area contributed by atoms with Crippen molar-refractivity contribution in [2.24, 2.45) is 4.99 Å². The van der Waals surface area contributed by atoms with Crippen molar-refractivity contribution in [2.75, 3.05) is 6.61 Å². The van der Waals surface area contributed by atoms with Crippen molar-refractivity contribution in [1.82, 2.24) is 4.57 Å². The fraction of sp³-hybridized carbons (Fsp3) is 0.167. The number of amides is 1. The lowest BCUT2D eigenvalue weighted by molar-refractivity contribution is -0.143. The van der Waals surface area contributed by atoms with Crippen LogP contribution in [0.3, 0.4) is 0 Å². The normalized spacial score (nSPS) is 11.7. The lowest BCUT2D eigenvalue weighted by Gasteiger charge is -2.05. The Kier molecular flexibility index (Phi) is 5.76. The second-order valence-corrected chi connectivity index (χ2v) is 7.14. The predicted octanol–water partition coefficient (Wildman–Crippen LogP) is 4.31. The number of rotatable bonds is 4. The molecule has 0 saturated carbocycles. The van der Waals surface area contributed by atoms with Crippen LogP contribution in [0.15, 0.2) is 47.5 Å². The fourth-order valence-corrected chi connectivity index (χ4v) is 3.80. The van der Waals surface area contributed by atoms with E-state index in [0.717, 1.165) is 10.2 Å². The first-order valence-corrected chi connectivity index (χ1v) is 9.35. The van der Waals surface area contributed by atoms with Gasteiger partial charge in [-0.2, -0.15) is 4.99 Å². The van der Waals surface area contributed by atoms with Crippen molar-refractivity contribution in [2.45, 2.75) is 13.5 Å². The van der Waals surface area contributed by atoms with Gasteiger partial charge in [-0.1, -0.05) is 46.7 Å². The van der Waals surface area contributed by atoms with Gasteiger partial charge in [-0.15, -0.1) is 0 Å². The molecule has 0 fully saturated rings. The van der Waals surface area contributed by atoms with E-state index in [1.807, 2.05) is 24.3 Å². The quantitative estimate of drug-likeness (QED) is 0.604. The number of carbonyl (C=O) groups excluding carboxylic acids is 2. The molecule has 0 aliphatic rings. The average Bonchev–Trinajstić information content (AvgIpc) is 2.94. The standard InChI is InChI=1S/C18H14Cl2N2O3S/c1-2-25-16(23)10-22-14-5-3-4-6-15(14)26-18(22)21-17(24)12-9-11(19)7-8-13(12)20/h3-9H,2,10H2,1H3. The minimum Gasteiger partial charge on any atom is -0.465 e. The lowest BCUT2D eigenvalue weighted by Crippen LogP contribution is -2.23. The zero-order valence-corrected chi connectivity index (χ0v) is 16.1. The third-order valence-corrected chi connectivity index (χ3v) is 5.16. The van der Waals surface area contributed by atoms with E-state index >= 15 is 0 Å². The first-order valence-electron chi connectivity index (χ1n) is 7.77. The zero-order valence-electron chi connectivity index (χ0n) is 13.7. The van der Waals surface area contributed by atoms with Crippen LogP contribution >= 0.6 is 34.5 Å². The SMILES string of the molecule is CCOC(=O)Cn1c(=NC(=O)c2cc(Cl)ccc2Cl)sc2ccccc21. The van der Waals surface area contributed by atoms with E-state index in [-0.39, 0.29) is 23.7 Å². The maximum absolute atomic E-state index is 12.6. The summed E-state index contributed by atoms with van der Waals surface area (Å²) in [6.45, 7) is 1.99. The number of hydrogen-bond donors (Lipinski definition) is 0. The molecule has 8 heteroatoms. The predicted molar refractivity (Wildman–Crippen MR) is 103 cm³/mol. The summed E-state index contributed by atoms with van der Waals surface area (Å²) in [5.41, 5.74) is 1.01. The van der Waals surface area contributed by atoms with Crippen molar-refractivity contribution in [3.8, 4) is 0 Å². The van der Waals surface area contributed by atoms with E-state index in [1.54, 1.807) is 23.6 Å². The Bertz CT molecular complexity index is 1060. The number of thiazole rings is 1. The minimum absolute atomic E-state index is 0.0345. The summed E-state index contributed by atoms with van der Waals surface area (Å²) < 4.78 is 7.59. The van der Waals surface area contributed by atoms with Crippen LogP contribution in [0.2, 0.25) is 10.0 Å². The van der Waals surface area contributed by atoms with Crippen molar-refractivity contribution >= 4 is 56.6 Å². The van der Waals surface area contributed by atoms with Crippen LogP contribution in [0.1, 0.15) is 17.3 Å². The van der Waals surface area contributed by atoms with Gasteiger partial charge in [-0.05, 0) is 37.3 Å². The molecule has 0 unspecified atom stereocenters. The third-order valence-electron chi connectivity index (χ3n) is 3.54. The number of fused-ring (bicyclic) bond motifs is 1. The Labute approximate surface area is 163 Å².